The molecule has 0 saturated carbocycles. The van der Waals surface area contributed by atoms with E-state index in [1.165, 1.54) is 7.11 Å². The van der Waals surface area contributed by atoms with E-state index in [1.807, 2.05) is 48.3 Å². The molecule has 0 unspecified atom stereocenters. The van der Waals surface area contributed by atoms with Gasteiger partial charge in [0, 0.05) is 24.1 Å². The number of nitrogens with two attached hydrogens (primary N) is 1. The Kier molecular flexibility index (Phi) is 3.71. The average molecular weight is 256 g/mol. The molecule has 4 heteroatoms. The molecule has 0 saturated heterocycles. The molecule has 0 aromatic heterocycles. The number of carbonyl (C=O) groups is 1. The van der Waals surface area contributed by atoms with E-state index in [4.69, 9.17) is 10.5 Å². The summed E-state index contributed by atoms with van der Waals surface area (Å²) in [6, 6.07) is 14.8. The Morgan fingerprint density at radius 1 is 1.11 bits per heavy atom. The summed E-state index contributed by atoms with van der Waals surface area (Å²) in [6.07, 6.45) is 0. The monoisotopic (exact) mass is 256 g/mol. The minimum Gasteiger partial charge on any atom is -0.465 e. The van der Waals surface area contributed by atoms with E-state index in [1.54, 1.807) is 12.1 Å². The highest BCUT2D eigenvalue weighted by atomic mass is 16.5. The zero-order valence-corrected chi connectivity index (χ0v) is 11.0. The molecule has 2 rings (SSSR count). The highest BCUT2D eigenvalue weighted by Crippen LogP contribution is 2.25. The maximum Gasteiger partial charge on any atom is 0.337 e. The third-order valence-corrected chi connectivity index (χ3v) is 2.91. The summed E-state index contributed by atoms with van der Waals surface area (Å²) in [4.78, 5) is 13.5. The topological polar surface area (TPSA) is 55.6 Å². The minimum atomic E-state index is -0.345. The molecule has 19 heavy (non-hydrogen) atoms. The van der Waals surface area contributed by atoms with E-state index in [2.05, 4.69) is 0 Å². The van der Waals surface area contributed by atoms with Crippen molar-refractivity contribution in [2.24, 2.45) is 0 Å². The normalized spacial score (nSPS) is 10.0. The summed E-state index contributed by atoms with van der Waals surface area (Å²) < 4.78 is 4.72. The van der Waals surface area contributed by atoms with Crippen molar-refractivity contribution in [1.82, 2.24) is 0 Å². The van der Waals surface area contributed by atoms with Crippen LogP contribution in [-0.2, 0) is 4.74 Å². The van der Waals surface area contributed by atoms with Crippen molar-refractivity contribution in [3.8, 4) is 0 Å². The Labute approximate surface area is 112 Å². The van der Waals surface area contributed by atoms with E-state index < -0.39 is 0 Å². The van der Waals surface area contributed by atoms with Gasteiger partial charge in [-0.1, -0.05) is 12.1 Å². The fourth-order valence-electron chi connectivity index (χ4n) is 1.84. The first-order valence-corrected chi connectivity index (χ1v) is 5.89. The van der Waals surface area contributed by atoms with Crippen LogP contribution >= 0.6 is 0 Å². The minimum absolute atomic E-state index is 0.345. The molecule has 0 bridgehead atoms. The Morgan fingerprint density at radius 3 is 2.37 bits per heavy atom. The third-order valence-electron chi connectivity index (χ3n) is 2.91. The molecule has 0 fully saturated rings. The van der Waals surface area contributed by atoms with Gasteiger partial charge in [-0.15, -0.1) is 0 Å². The molecule has 0 aliphatic carbocycles. The van der Waals surface area contributed by atoms with Crippen LogP contribution in [0.25, 0.3) is 0 Å². The van der Waals surface area contributed by atoms with Gasteiger partial charge in [-0.25, -0.2) is 4.79 Å². The summed E-state index contributed by atoms with van der Waals surface area (Å²) in [7, 11) is 3.29. The molecule has 2 aromatic carbocycles. The van der Waals surface area contributed by atoms with Crippen molar-refractivity contribution in [2.45, 2.75) is 0 Å². The summed E-state index contributed by atoms with van der Waals surface area (Å²) in [5.41, 5.74) is 8.86. The van der Waals surface area contributed by atoms with Crippen LogP contribution in [0.2, 0.25) is 0 Å². The number of rotatable bonds is 3. The number of nitrogens with zero attached hydrogens (tertiary/aromatic N) is 1. The van der Waals surface area contributed by atoms with Gasteiger partial charge in [0.15, 0.2) is 0 Å². The quantitative estimate of drug-likeness (QED) is 0.677. The second-order valence-corrected chi connectivity index (χ2v) is 4.20. The van der Waals surface area contributed by atoms with E-state index in [0.717, 1.165) is 11.4 Å². The number of esters is 1. The molecule has 4 nitrogen and oxygen atoms in total. The Morgan fingerprint density at radius 2 is 1.74 bits per heavy atom. The zero-order valence-electron chi connectivity index (χ0n) is 11.0. The predicted molar refractivity (Wildman–Crippen MR) is 76.7 cm³/mol. The summed E-state index contributed by atoms with van der Waals surface area (Å²) in [5.74, 6) is -0.345. The van der Waals surface area contributed by atoms with Crippen LogP contribution in [0, 0.1) is 0 Å². The van der Waals surface area contributed by atoms with Crippen molar-refractivity contribution in [1.29, 1.82) is 0 Å². The van der Waals surface area contributed by atoms with Gasteiger partial charge in [-0.05, 0) is 36.4 Å². The van der Waals surface area contributed by atoms with Crippen molar-refractivity contribution < 1.29 is 9.53 Å². The molecule has 0 radical (unpaired) electrons. The summed E-state index contributed by atoms with van der Waals surface area (Å²) in [5, 5.41) is 0. The lowest BCUT2D eigenvalue weighted by Crippen LogP contribution is -2.11. The van der Waals surface area contributed by atoms with Gasteiger partial charge in [0.1, 0.15) is 0 Å². The number of hydrogen-bond acceptors (Lipinski definition) is 4. The first kappa shape index (κ1) is 13.0. The highest BCUT2D eigenvalue weighted by molar-refractivity contribution is 5.90. The number of ether oxygens (including phenoxy) is 1. The van der Waals surface area contributed by atoms with Crippen molar-refractivity contribution in [2.75, 3.05) is 24.8 Å². The first-order chi connectivity index (χ1) is 9.11. The number of methoxy groups -OCH3 is 1. The van der Waals surface area contributed by atoms with Gasteiger partial charge in [0.25, 0.3) is 0 Å². The van der Waals surface area contributed by atoms with E-state index in [-0.39, 0.29) is 5.97 Å². The van der Waals surface area contributed by atoms with Gasteiger partial charge < -0.3 is 15.4 Å². The molecule has 0 atom stereocenters. The maximum atomic E-state index is 11.5. The number of benzene rings is 2. The molecule has 0 aliphatic rings. The fourth-order valence-corrected chi connectivity index (χ4v) is 1.84. The zero-order chi connectivity index (χ0) is 13.8. The van der Waals surface area contributed by atoms with E-state index in [9.17, 15) is 4.79 Å². The highest BCUT2D eigenvalue weighted by Gasteiger charge is 2.09. The van der Waals surface area contributed by atoms with Crippen molar-refractivity contribution in [3.05, 3.63) is 54.1 Å². The van der Waals surface area contributed by atoms with Crippen molar-refractivity contribution in [3.63, 3.8) is 0 Å². The molecular weight excluding hydrogens is 240 g/mol. The maximum absolute atomic E-state index is 11.5. The van der Waals surface area contributed by atoms with Gasteiger partial charge >= 0.3 is 5.97 Å². The molecule has 0 spiro atoms. The molecule has 98 valence electrons. The number of anilines is 3. The van der Waals surface area contributed by atoms with Crippen molar-refractivity contribution >= 4 is 23.0 Å². The second kappa shape index (κ2) is 5.44. The van der Waals surface area contributed by atoms with Crippen LogP contribution in [0.4, 0.5) is 17.1 Å². The van der Waals surface area contributed by atoms with Crippen LogP contribution in [0.5, 0.6) is 0 Å². The number of nitrogen functional groups attached to an aromatic ring is 1. The lowest BCUT2D eigenvalue weighted by atomic mass is 10.1. The van der Waals surface area contributed by atoms with Crippen LogP contribution in [-0.4, -0.2) is 20.1 Å². The van der Waals surface area contributed by atoms with Gasteiger partial charge in [-0.2, -0.15) is 0 Å². The summed E-state index contributed by atoms with van der Waals surface area (Å²) >= 11 is 0. The first-order valence-electron chi connectivity index (χ1n) is 5.89. The van der Waals surface area contributed by atoms with Crippen LogP contribution in [0.1, 0.15) is 10.4 Å². The standard InChI is InChI=1S/C15H16N2O2/c1-17(14-8-4-6-12(16)10-14)13-7-3-5-11(9-13)15(18)19-2/h3-10H,16H2,1-2H3. The summed E-state index contributed by atoms with van der Waals surface area (Å²) in [6.45, 7) is 0. The lowest BCUT2D eigenvalue weighted by molar-refractivity contribution is 0.0601. The molecule has 0 amide bonds. The van der Waals surface area contributed by atoms with E-state index >= 15 is 0 Å². The number of hydrogen-bond donors (Lipinski definition) is 1. The molecule has 2 aromatic rings. The van der Waals surface area contributed by atoms with E-state index in [0.29, 0.717) is 11.3 Å². The Bertz CT molecular complexity index is 596. The van der Waals surface area contributed by atoms with Crippen LogP contribution in [0.15, 0.2) is 48.5 Å². The third kappa shape index (κ3) is 2.85. The molecule has 2 N–H and O–H groups in total. The second-order valence-electron chi connectivity index (χ2n) is 4.20. The van der Waals surface area contributed by atoms with Crippen LogP contribution in [0.3, 0.4) is 0 Å². The van der Waals surface area contributed by atoms with Gasteiger partial charge in [0.05, 0.1) is 12.7 Å². The molecular formula is C15H16N2O2. The molecule has 0 heterocycles. The Balaban J connectivity index is 2.34. The Hall–Kier alpha value is -2.49. The average Bonchev–Trinajstić information content (AvgIpc) is 2.45. The largest absolute Gasteiger partial charge is 0.465 e. The van der Waals surface area contributed by atoms with Gasteiger partial charge in [0.2, 0.25) is 0 Å². The fraction of sp³-hybridized carbons (Fsp3) is 0.133. The molecule has 0 aliphatic heterocycles. The SMILES string of the molecule is COC(=O)c1cccc(N(C)c2cccc(N)c2)c1. The number of carbonyl (C=O) groups excluding carboxylic acids is 1. The smallest absolute Gasteiger partial charge is 0.337 e. The predicted octanol–water partition coefficient (Wildman–Crippen LogP) is 2.82. The van der Waals surface area contributed by atoms with Gasteiger partial charge in [-0.3, -0.25) is 0 Å². The lowest BCUT2D eigenvalue weighted by Gasteiger charge is -2.20. The van der Waals surface area contributed by atoms with Crippen LogP contribution < -0.4 is 10.6 Å².